The molecular formula is C23H28IN7O2. The van der Waals surface area contributed by atoms with Gasteiger partial charge in [0.05, 0.1) is 13.1 Å². The van der Waals surface area contributed by atoms with Crippen molar-refractivity contribution in [1.82, 2.24) is 25.7 Å². The van der Waals surface area contributed by atoms with E-state index in [0.29, 0.717) is 31.2 Å². The zero-order chi connectivity index (χ0) is 22.8. The van der Waals surface area contributed by atoms with Crippen molar-refractivity contribution in [1.29, 1.82) is 0 Å². The van der Waals surface area contributed by atoms with Gasteiger partial charge >= 0.3 is 0 Å². The molecular weight excluding hydrogens is 533 g/mol. The molecule has 0 spiro atoms. The summed E-state index contributed by atoms with van der Waals surface area (Å²) in [6, 6.07) is 17.2. The van der Waals surface area contributed by atoms with Gasteiger partial charge in [-0.05, 0) is 34.9 Å². The van der Waals surface area contributed by atoms with Crippen molar-refractivity contribution in [3.63, 3.8) is 0 Å². The summed E-state index contributed by atoms with van der Waals surface area (Å²) >= 11 is 0. The molecule has 0 saturated heterocycles. The van der Waals surface area contributed by atoms with Crippen molar-refractivity contribution in [3.05, 3.63) is 89.2 Å². The molecule has 33 heavy (non-hydrogen) atoms. The fourth-order valence-electron chi connectivity index (χ4n) is 3.08. The summed E-state index contributed by atoms with van der Waals surface area (Å²) in [4.78, 5) is 27.0. The van der Waals surface area contributed by atoms with Crippen LogP contribution >= 0.6 is 24.0 Å². The van der Waals surface area contributed by atoms with Gasteiger partial charge in [-0.15, -0.1) is 24.0 Å². The van der Waals surface area contributed by atoms with Crippen LogP contribution in [-0.4, -0.2) is 41.1 Å². The van der Waals surface area contributed by atoms with Gasteiger partial charge in [-0.3, -0.25) is 19.3 Å². The molecule has 0 bridgehead atoms. The molecule has 3 aromatic rings. The van der Waals surface area contributed by atoms with Gasteiger partial charge in [0.2, 0.25) is 5.91 Å². The lowest BCUT2D eigenvalue weighted by molar-refractivity contribution is -0.117. The molecule has 174 valence electrons. The van der Waals surface area contributed by atoms with E-state index in [1.165, 1.54) is 5.56 Å². The Morgan fingerprint density at radius 1 is 0.970 bits per heavy atom. The first-order valence-electron chi connectivity index (χ1n) is 10.2. The summed E-state index contributed by atoms with van der Waals surface area (Å²) < 4.78 is 1.89. The summed E-state index contributed by atoms with van der Waals surface area (Å²) in [7, 11) is 1.72. The SMILES string of the molecule is CN=C(NCc1ccc(C(=O)NCC(N)=O)cc1)NCc1ccccc1Cn1cccn1.I. The topological polar surface area (TPSA) is 126 Å². The number of amides is 2. The highest BCUT2D eigenvalue weighted by atomic mass is 127. The summed E-state index contributed by atoms with van der Waals surface area (Å²) in [5, 5.41) is 13.3. The zero-order valence-electron chi connectivity index (χ0n) is 18.3. The monoisotopic (exact) mass is 561 g/mol. The number of hydrogen-bond acceptors (Lipinski definition) is 4. The number of nitrogens with two attached hydrogens (primary N) is 1. The Kier molecular flexibility index (Phi) is 10.3. The fourth-order valence-corrected chi connectivity index (χ4v) is 3.08. The number of nitrogens with one attached hydrogen (secondary N) is 3. The minimum Gasteiger partial charge on any atom is -0.368 e. The van der Waals surface area contributed by atoms with E-state index < -0.39 is 5.91 Å². The van der Waals surface area contributed by atoms with E-state index in [1.807, 2.05) is 41.2 Å². The number of guanidine groups is 1. The number of primary amides is 1. The number of aliphatic imine (C=N–C) groups is 1. The first kappa shape index (κ1) is 25.8. The number of carbonyl (C=O) groups is 2. The van der Waals surface area contributed by atoms with E-state index in [1.54, 1.807) is 25.4 Å². The molecule has 2 amide bonds. The summed E-state index contributed by atoms with van der Waals surface area (Å²) in [6.07, 6.45) is 3.71. The number of hydrogen-bond donors (Lipinski definition) is 4. The summed E-state index contributed by atoms with van der Waals surface area (Å²) in [6.45, 7) is 1.68. The molecule has 0 aliphatic rings. The number of carbonyl (C=O) groups excluding carboxylic acids is 2. The predicted molar refractivity (Wildman–Crippen MR) is 138 cm³/mol. The Balaban J connectivity index is 0.00000385. The minimum absolute atomic E-state index is 0. The van der Waals surface area contributed by atoms with Crippen LogP contribution in [0.3, 0.4) is 0 Å². The van der Waals surface area contributed by atoms with Crippen LogP contribution in [0.15, 0.2) is 72.0 Å². The largest absolute Gasteiger partial charge is 0.368 e. The second-order valence-electron chi connectivity index (χ2n) is 7.10. The van der Waals surface area contributed by atoms with Gasteiger partial charge in [0.1, 0.15) is 0 Å². The number of rotatable bonds is 9. The van der Waals surface area contributed by atoms with Crippen LogP contribution in [0.1, 0.15) is 27.0 Å². The highest BCUT2D eigenvalue weighted by Crippen LogP contribution is 2.10. The standard InChI is InChI=1S/C23H27N7O2.HI/c1-25-23(27-13-17-7-9-18(10-8-17)22(32)26-15-21(24)31)28-14-19-5-2-3-6-20(19)16-30-12-4-11-29-30;/h2-12H,13-16H2,1H3,(H2,24,31)(H,26,32)(H2,25,27,28);1H. The van der Waals surface area contributed by atoms with E-state index in [4.69, 9.17) is 5.73 Å². The lowest BCUT2D eigenvalue weighted by Crippen LogP contribution is -2.36. The molecule has 0 aliphatic heterocycles. The van der Waals surface area contributed by atoms with Gasteiger partial charge < -0.3 is 21.7 Å². The average Bonchev–Trinajstić information content (AvgIpc) is 3.32. The van der Waals surface area contributed by atoms with Crippen LogP contribution in [0.4, 0.5) is 0 Å². The molecule has 10 heteroatoms. The van der Waals surface area contributed by atoms with Gasteiger partial charge in [0.25, 0.3) is 5.91 Å². The van der Waals surface area contributed by atoms with Crippen LogP contribution in [0.2, 0.25) is 0 Å². The number of benzene rings is 2. The zero-order valence-corrected chi connectivity index (χ0v) is 20.7. The lowest BCUT2D eigenvalue weighted by Gasteiger charge is -2.14. The van der Waals surface area contributed by atoms with Gasteiger partial charge in [0.15, 0.2) is 5.96 Å². The van der Waals surface area contributed by atoms with E-state index in [-0.39, 0.29) is 36.4 Å². The maximum absolute atomic E-state index is 12.0. The number of halogens is 1. The number of nitrogens with zero attached hydrogens (tertiary/aromatic N) is 3. The molecule has 0 fully saturated rings. The van der Waals surface area contributed by atoms with Crippen molar-refractivity contribution >= 4 is 41.8 Å². The molecule has 1 aromatic heterocycles. The highest BCUT2D eigenvalue weighted by molar-refractivity contribution is 14.0. The molecule has 3 rings (SSSR count). The average molecular weight is 561 g/mol. The van der Waals surface area contributed by atoms with E-state index >= 15 is 0 Å². The van der Waals surface area contributed by atoms with Gasteiger partial charge in [-0.2, -0.15) is 5.10 Å². The third kappa shape index (κ3) is 8.22. The Hall–Kier alpha value is -3.41. The lowest BCUT2D eigenvalue weighted by atomic mass is 10.1. The van der Waals surface area contributed by atoms with Crippen molar-refractivity contribution in [2.45, 2.75) is 19.6 Å². The smallest absolute Gasteiger partial charge is 0.251 e. The van der Waals surface area contributed by atoms with E-state index in [2.05, 4.69) is 38.2 Å². The fraction of sp³-hybridized carbons (Fsp3) is 0.217. The normalized spacial score (nSPS) is 10.8. The first-order chi connectivity index (χ1) is 15.5. The Labute approximate surface area is 209 Å². The Morgan fingerprint density at radius 3 is 2.30 bits per heavy atom. The molecule has 1 heterocycles. The first-order valence-corrected chi connectivity index (χ1v) is 10.2. The minimum atomic E-state index is -0.581. The third-order valence-corrected chi connectivity index (χ3v) is 4.78. The molecule has 0 saturated carbocycles. The van der Waals surface area contributed by atoms with Crippen LogP contribution in [-0.2, 0) is 24.4 Å². The molecule has 0 radical (unpaired) electrons. The van der Waals surface area contributed by atoms with E-state index in [0.717, 1.165) is 11.1 Å². The van der Waals surface area contributed by atoms with Crippen molar-refractivity contribution in [2.75, 3.05) is 13.6 Å². The predicted octanol–water partition coefficient (Wildman–Crippen LogP) is 1.63. The maximum Gasteiger partial charge on any atom is 0.251 e. The Bertz CT molecular complexity index is 1070. The van der Waals surface area contributed by atoms with Gasteiger partial charge in [-0.25, -0.2) is 0 Å². The van der Waals surface area contributed by atoms with Gasteiger partial charge in [-0.1, -0.05) is 36.4 Å². The van der Waals surface area contributed by atoms with Crippen LogP contribution < -0.4 is 21.7 Å². The Morgan fingerprint density at radius 2 is 1.67 bits per heavy atom. The second kappa shape index (κ2) is 13.2. The van der Waals surface area contributed by atoms with Crippen LogP contribution in [0.25, 0.3) is 0 Å². The van der Waals surface area contributed by atoms with Gasteiger partial charge in [0, 0.05) is 38.1 Å². The quantitative estimate of drug-likeness (QED) is 0.180. The molecule has 9 nitrogen and oxygen atoms in total. The maximum atomic E-state index is 12.0. The van der Waals surface area contributed by atoms with Crippen molar-refractivity contribution in [2.24, 2.45) is 10.7 Å². The van der Waals surface area contributed by atoms with Crippen LogP contribution in [0, 0.1) is 0 Å². The molecule has 0 aliphatic carbocycles. The van der Waals surface area contributed by atoms with Crippen LogP contribution in [0.5, 0.6) is 0 Å². The highest BCUT2D eigenvalue weighted by Gasteiger charge is 2.07. The van der Waals surface area contributed by atoms with Crippen molar-refractivity contribution in [3.8, 4) is 0 Å². The summed E-state index contributed by atoms with van der Waals surface area (Å²) in [5.41, 5.74) is 8.84. The molecule has 2 aromatic carbocycles. The molecule has 0 unspecified atom stereocenters. The third-order valence-electron chi connectivity index (χ3n) is 4.78. The van der Waals surface area contributed by atoms with E-state index in [9.17, 15) is 9.59 Å². The van der Waals surface area contributed by atoms with Crippen molar-refractivity contribution < 1.29 is 9.59 Å². The second-order valence-corrected chi connectivity index (χ2v) is 7.10. The summed E-state index contributed by atoms with van der Waals surface area (Å²) in [5.74, 6) is -0.251. The number of aromatic nitrogens is 2. The molecule has 0 atom stereocenters. The molecule has 5 N–H and O–H groups in total.